The summed E-state index contributed by atoms with van der Waals surface area (Å²) >= 11 is 0. The van der Waals surface area contributed by atoms with Crippen molar-refractivity contribution in [1.82, 2.24) is 10.2 Å². The second kappa shape index (κ2) is 9.49. The van der Waals surface area contributed by atoms with E-state index in [-0.39, 0.29) is 11.8 Å². The maximum absolute atomic E-state index is 13.4. The summed E-state index contributed by atoms with van der Waals surface area (Å²) in [5.41, 5.74) is 1.89. The fraction of sp³-hybridized carbons (Fsp3) is 0.708. The van der Waals surface area contributed by atoms with Crippen molar-refractivity contribution in [3.8, 4) is 0 Å². The van der Waals surface area contributed by atoms with Gasteiger partial charge in [-0.25, -0.2) is 0 Å². The van der Waals surface area contributed by atoms with E-state index in [9.17, 15) is 18.0 Å². The summed E-state index contributed by atoms with van der Waals surface area (Å²) < 4.78 is 45.7. The number of carbonyl (C=O) groups excluding carboxylic acids is 1. The number of carbonyl (C=O) groups is 1. The second-order valence-electron chi connectivity index (χ2n) is 9.29. The van der Waals surface area contributed by atoms with Gasteiger partial charge in [-0.05, 0) is 73.8 Å². The van der Waals surface area contributed by atoms with Gasteiger partial charge in [-0.3, -0.25) is 4.79 Å². The van der Waals surface area contributed by atoms with Gasteiger partial charge >= 0.3 is 6.18 Å². The Hall–Kier alpha value is -1.60. The first-order valence-corrected chi connectivity index (χ1v) is 11.7. The van der Waals surface area contributed by atoms with Crippen LogP contribution in [0.15, 0.2) is 12.1 Å². The predicted molar refractivity (Wildman–Crippen MR) is 113 cm³/mol. The van der Waals surface area contributed by atoms with E-state index < -0.39 is 11.7 Å². The van der Waals surface area contributed by atoms with Gasteiger partial charge < -0.3 is 15.0 Å². The topological polar surface area (TPSA) is 41.6 Å². The van der Waals surface area contributed by atoms with E-state index in [4.69, 9.17) is 4.74 Å². The van der Waals surface area contributed by atoms with Crippen LogP contribution in [0.25, 0.3) is 0 Å². The third kappa shape index (κ3) is 5.25. The molecule has 1 aliphatic carbocycles. The van der Waals surface area contributed by atoms with Gasteiger partial charge in [0, 0.05) is 44.3 Å². The first kappa shape index (κ1) is 22.6. The van der Waals surface area contributed by atoms with Gasteiger partial charge in [0.25, 0.3) is 0 Å². The van der Waals surface area contributed by atoms with E-state index >= 15 is 0 Å². The van der Waals surface area contributed by atoms with Crippen LogP contribution in [0, 0.1) is 5.92 Å². The maximum atomic E-state index is 13.4. The zero-order valence-electron chi connectivity index (χ0n) is 18.3. The maximum Gasteiger partial charge on any atom is 0.416 e. The summed E-state index contributed by atoms with van der Waals surface area (Å²) in [6.07, 6.45) is 2.41. The lowest BCUT2D eigenvalue weighted by atomic mass is 9.89. The van der Waals surface area contributed by atoms with Gasteiger partial charge in [-0.2, -0.15) is 13.2 Å². The molecule has 2 heterocycles. The number of alkyl halides is 3. The summed E-state index contributed by atoms with van der Waals surface area (Å²) in [6.45, 7) is 4.46. The highest BCUT2D eigenvalue weighted by Gasteiger charge is 2.36. The molecule has 2 fully saturated rings. The first-order valence-electron chi connectivity index (χ1n) is 11.7. The average Bonchev–Trinajstić information content (AvgIpc) is 3.21. The standard InChI is InChI=1S/C24H33F3N2O2/c1-2-3-16-12-19(24(25,26)27)13-18-15-29(9-6-22(16)18)23(30)17-4-5-21(14-17)28-20-7-10-31-11-8-20/h12-13,17,20-21,28H,2-11,14-15H2,1H3. The lowest BCUT2D eigenvalue weighted by Crippen LogP contribution is -2.42. The molecule has 1 aromatic rings. The minimum Gasteiger partial charge on any atom is -0.381 e. The van der Waals surface area contributed by atoms with E-state index in [1.165, 1.54) is 12.1 Å². The van der Waals surface area contributed by atoms with Crippen LogP contribution in [-0.4, -0.2) is 42.6 Å². The highest BCUT2D eigenvalue weighted by molar-refractivity contribution is 5.79. The van der Waals surface area contributed by atoms with Crippen LogP contribution >= 0.6 is 0 Å². The van der Waals surface area contributed by atoms with Crippen molar-refractivity contribution >= 4 is 5.91 Å². The molecule has 172 valence electrons. The molecular formula is C24H33F3N2O2. The normalized spacial score (nSPS) is 25.0. The van der Waals surface area contributed by atoms with E-state index in [0.29, 0.717) is 43.6 Å². The van der Waals surface area contributed by atoms with Crippen molar-refractivity contribution in [2.75, 3.05) is 19.8 Å². The van der Waals surface area contributed by atoms with Gasteiger partial charge in [0.05, 0.1) is 5.56 Å². The van der Waals surface area contributed by atoms with Gasteiger partial charge in [0.2, 0.25) is 5.91 Å². The number of hydrogen-bond acceptors (Lipinski definition) is 3. The number of amides is 1. The third-order valence-electron chi connectivity index (χ3n) is 7.06. The van der Waals surface area contributed by atoms with Gasteiger partial charge in [0.1, 0.15) is 0 Å². The number of nitrogens with zero attached hydrogens (tertiary/aromatic N) is 1. The van der Waals surface area contributed by atoms with E-state index in [1.807, 2.05) is 6.92 Å². The van der Waals surface area contributed by atoms with Crippen molar-refractivity contribution in [2.24, 2.45) is 5.92 Å². The Balaban J connectivity index is 1.42. The average molecular weight is 439 g/mol. The van der Waals surface area contributed by atoms with Crippen molar-refractivity contribution in [1.29, 1.82) is 0 Å². The molecule has 1 aromatic carbocycles. The molecule has 0 aromatic heterocycles. The molecule has 31 heavy (non-hydrogen) atoms. The second-order valence-corrected chi connectivity index (χ2v) is 9.29. The summed E-state index contributed by atoms with van der Waals surface area (Å²) in [6, 6.07) is 3.39. The number of nitrogens with one attached hydrogen (secondary N) is 1. The number of hydrogen-bond donors (Lipinski definition) is 1. The Bertz CT molecular complexity index is 790. The summed E-state index contributed by atoms with van der Waals surface area (Å²) in [7, 11) is 0. The molecule has 2 unspecified atom stereocenters. The molecule has 0 bridgehead atoms. The number of halogens is 3. The first-order chi connectivity index (χ1) is 14.8. The smallest absolute Gasteiger partial charge is 0.381 e. The van der Waals surface area contributed by atoms with Crippen molar-refractivity contribution in [3.05, 3.63) is 34.4 Å². The van der Waals surface area contributed by atoms with Crippen LogP contribution in [0.3, 0.4) is 0 Å². The van der Waals surface area contributed by atoms with Crippen molar-refractivity contribution in [2.45, 2.75) is 83.1 Å². The monoisotopic (exact) mass is 438 g/mol. The molecule has 2 aliphatic heterocycles. The van der Waals surface area contributed by atoms with Gasteiger partial charge in [0.15, 0.2) is 0 Å². The minimum atomic E-state index is -4.36. The Kier molecular flexibility index (Phi) is 6.92. The number of benzene rings is 1. The summed E-state index contributed by atoms with van der Waals surface area (Å²) in [5, 5.41) is 3.69. The number of rotatable bonds is 5. The Morgan fingerprint density at radius 1 is 1.16 bits per heavy atom. The molecule has 7 heteroatoms. The molecule has 2 atom stereocenters. The Morgan fingerprint density at radius 3 is 2.65 bits per heavy atom. The van der Waals surface area contributed by atoms with Crippen LogP contribution in [0.5, 0.6) is 0 Å². The third-order valence-corrected chi connectivity index (χ3v) is 7.06. The minimum absolute atomic E-state index is 0.0280. The van der Waals surface area contributed by atoms with Crippen molar-refractivity contribution in [3.63, 3.8) is 0 Å². The van der Waals surface area contributed by atoms with E-state index in [0.717, 1.165) is 62.9 Å². The Labute approximate surface area is 182 Å². The predicted octanol–water partition coefficient (Wildman–Crippen LogP) is 4.48. The van der Waals surface area contributed by atoms with E-state index in [2.05, 4.69) is 5.32 Å². The summed E-state index contributed by atoms with van der Waals surface area (Å²) in [4.78, 5) is 15.0. The van der Waals surface area contributed by atoms with Crippen LogP contribution in [0.2, 0.25) is 0 Å². The SMILES string of the molecule is CCCc1cc(C(F)(F)F)cc2c1CCN(C(=O)C1CCC(NC3CCOCC3)C1)C2. The fourth-order valence-electron chi connectivity index (χ4n) is 5.45. The molecule has 4 rings (SSSR count). The molecule has 1 N–H and O–H groups in total. The molecule has 1 saturated carbocycles. The summed E-state index contributed by atoms with van der Waals surface area (Å²) in [5.74, 6) is 0.0798. The lowest BCUT2D eigenvalue weighted by molar-refractivity contribution is -0.137. The van der Waals surface area contributed by atoms with Gasteiger partial charge in [-0.15, -0.1) is 0 Å². The molecule has 0 spiro atoms. The van der Waals surface area contributed by atoms with Crippen LogP contribution in [0.1, 0.15) is 67.7 Å². The lowest BCUT2D eigenvalue weighted by Gasteiger charge is -2.33. The zero-order chi connectivity index (χ0) is 22.0. The van der Waals surface area contributed by atoms with E-state index in [1.54, 1.807) is 4.90 Å². The largest absolute Gasteiger partial charge is 0.416 e. The van der Waals surface area contributed by atoms with Crippen LogP contribution < -0.4 is 5.32 Å². The van der Waals surface area contributed by atoms with Crippen molar-refractivity contribution < 1.29 is 22.7 Å². The molecule has 1 amide bonds. The molecule has 1 saturated heterocycles. The molecular weight excluding hydrogens is 405 g/mol. The van der Waals surface area contributed by atoms with Gasteiger partial charge in [-0.1, -0.05) is 13.3 Å². The zero-order valence-corrected chi connectivity index (χ0v) is 18.3. The number of ether oxygens (including phenoxy) is 1. The highest BCUT2D eigenvalue weighted by Crippen LogP contribution is 2.36. The number of fused-ring (bicyclic) bond motifs is 1. The highest BCUT2D eigenvalue weighted by atomic mass is 19.4. The quantitative estimate of drug-likeness (QED) is 0.737. The molecule has 4 nitrogen and oxygen atoms in total. The van der Waals surface area contributed by atoms with Crippen LogP contribution in [0.4, 0.5) is 13.2 Å². The fourth-order valence-corrected chi connectivity index (χ4v) is 5.45. The molecule has 3 aliphatic rings. The number of aryl methyl sites for hydroxylation is 1. The van der Waals surface area contributed by atoms with Crippen LogP contribution in [-0.2, 0) is 35.1 Å². The molecule has 0 radical (unpaired) electrons. The Morgan fingerprint density at radius 2 is 1.94 bits per heavy atom.